The normalized spacial score (nSPS) is 9.97. The zero-order valence-corrected chi connectivity index (χ0v) is 20.4. The molecule has 3 aromatic carbocycles. The molecule has 3 rings (SSSR count). The van der Waals surface area contributed by atoms with Gasteiger partial charge in [-0.25, -0.2) is 14.0 Å². The molecule has 0 aliphatic carbocycles. The minimum Gasteiger partial charge on any atom is -0.423 e. The molecule has 0 spiro atoms. The molecule has 0 aliphatic rings. The molecule has 0 amide bonds. The predicted molar refractivity (Wildman–Crippen MR) is 136 cm³/mol. The minimum absolute atomic E-state index is 0.0638. The fourth-order valence-corrected chi connectivity index (χ4v) is 3.36. The number of carbonyl (C=O) groups excluding carboxylic acids is 3. The first-order valence-electron chi connectivity index (χ1n) is 10.6. The average molecular weight is 501 g/mol. The molecule has 0 unspecified atom stereocenters. The molecule has 7 heteroatoms. The van der Waals surface area contributed by atoms with Crippen LogP contribution in [0.4, 0.5) is 4.39 Å². The molecule has 0 aliphatic heterocycles. The third-order valence-corrected chi connectivity index (χ3v) is 5.48. The van der Waals surface area contributed by atoms with E-state index in [9.17, 15) is 18.8 Å². The molecule has 0 bridgehead atoms. The first kappa shape index (κ1) is 26.2. The number of hydrogen-bond acceptors (Lipinski definition) is 6. The third-order valence-electron chi connectivity index (χ3n) is 4.55. The number of hydrogen-bond donors (Lipinski definition) is 0. The lowest BCUT2D eigenvalue weighted by atomic mass is 10.1. The van der Waals surface area contributed by atoms with E-state index in [0.29, 0.717) is 27.3 Å². The van der Waals surface area contributed by atoms with E-state index < -0.39 is 17.8 Å². The van der Waals surface area contributed by atoms with Crippen molar-refractivity contribution in [3.05, 3.63) is 114 Å². The first-order chi connectivity index (χ1) is 17.1. The van der Waals surface area contributed by atoms with Crippen LogP contribution >= 0.6 is 11.8 Å². The molecule has 0 N–H and O–H groups in total. The van der Waals surface area contributed by atoms with Crippen LogP contribution in [-0.2, 0) is 9.59 Å². The Morgan fingerprint density at radius 2 is 1.33 bits per heavy atom. The summed E-state index contributed by atoms with van der Waals surface area (Å²) < 4.78 is 24.4. The lowest BCUT2D eigenvalue weighted by Crippen LogP contribution is -2.08. The van der Waals surface area contributed by atoms with Crippen molar-refractivity contribution in [2.75, 3.05) is 0 Å². The number of carbonyl (C=O) groups is 3. The predicted octanol–water partition coefficient (Wildman–Crippen LogP) is 6.12. The molecule has 3 aromatic rings. The van der Waals surface area contributed by atoms with Crippen molar-refractivity contribution in [2.45, 2.75) is 18.7 Å². The first-order valence-corrected chi connectivity index (χ1v) is 11.4. The molecule has 180 valence electrons. The zero-order valence-electron chi connectivity index (χ0n) is 19.6. The smallest absolute Gasteiger partial charge is 0.338 e. The second-order valence-corrected chi connectivity index (χ2v) is 8.72. The van der Waals surface area contributed by atoms with E-state index >= 15 is 0 Å². The molecule has 0 radical (unpaired) electrons. The largest absolute Gasteiger partial charge is 0.423 e. The van der Waals surface area contributed by atoms with E-state index in [1.165, 1.54) is 19.1 Å². The monoisotopic (exact) mass is 500 g/mol. The lowest BCUT2D eigenvalue weighted by Gasteiger charge is -2.05. The summed E-state index contributed by atoms with van der Waals surface area (Å²) in [5.74, 6) is 4.23. The Morgan fingerprint density at radius 1 is 0.778 bits per heavy atom. The zero-order chi connectivity index (χ0) is 26.2. The van der Waals surface area contributed by atoms with Crippen LogP contribution in [0.1, 0.15) is 35.3 Å². The van der Waals surface area contributed by atoms with Gasteiger partial charge in [0.15, 0.2) is 0 Å². The van der Waals surface area contributed by atoms with Crippen molar-refractivity contribution in [3.63, 3.8) is 0 Å². The number of benzene rings is 3. The topological polar surface area (TPSA) is 69.7 Å². The van der Waals surface area contributed by atoms with E-state index in [1.54, 1.807) is 55.5 Å². The molecular weight excluding hydrogens is 479 g/mol. The highest BCUT2D eigenvalue weighted by atomic mass is 32.2. The summed E-state index contributed by atoms with van der Waals surface area (Å²) in [6.45, 7) is 10.1. The van der Waals surface area contributed by atoms with Gasteiger partial charge in [-0.1, -0.05) is 25.0 Å². The Morgan fingerprint density at radius 3 is 1.89 bits per heavy atom. The Hall–Kier alpha value is -4.41. The third kappa shape index (κ3) is 7.29. The summed E-state index contributed by atoms with van der Waals surface area (Å²) >= 11 is 1.03. The van der Waals surface area contributed by atoms with Crippen LogP contribution < -0.4 is 9.47 Å². The van der Waals surface area contributed by atoms with Gasteiger partial charge in [0.25, 0.3) is 0 Å². The van der Waals surface area contributed by atoms with E-state index in [4.69, 9.17) is 9.47 Å². The molecule has 0 atom stereocenters. The van der Waals surface area contributed by atoms with E-state index in [1.807, 2.05) is 0 Å². The van der Waals surface area contributed by atoms with Gasteiger partial charge in [0.05, 0.1) is 5.56 Å². The van der Waals surface area contributed by atoms with E-state index in [0.717, 1.165) is 17.8 Å². The molecule has 0 aromatic heterocycles. The maximum Gasteiger partial charge on any atom is 0.338 e. The summed E-state index contributed by atoms with van der Waals surface area (Å²) in [4.78, 5) is 36.4. The van der Waals surface area contributed by atoms with Crippen LogP contribution in [0, 0.1) is 17.7 Å². The van der Waals surface area contributed by atoms with Crippen LogP contribution in [0.25, 0.3) is 0 Å². The van der Waals surface area contributed by atoms with Crippen LogP contribution in [0.3, 0.4) is 0 Å². The highest BCUT2D eigenvalue weighted by molar-refractivity contribution is 8.14. The van der Waals surface area contributed by atoms with Crippen molar-refractivity contribution in [3.8, 4) is 23.3 Å². The van der Waals surface area contributed by atoms with Crippen molar-refractivity contribution in [1.82, 2.24) is 0 Å². The minimum atomic E-state index is -0.637. The molecule has 5 nitrogen and oxygen atoms in total. The maximum absolute atomic E-state index is 14.3. The van der Waals surface area contributed by atoms with Crippen molar-refractivity contribution in [2.24, 2.45) is 0 Å². The summed E-state index contributed by atoms with van der Waals surface area (Å²) in [6.07, 6.45) is 0. The van der Waals surface area contributed by atoms with Gasteiger partial charge >= 0.3 is 11.9 Å². The summed E-state index contributed by atoms with van der Waals surface area (Å²) in [6, 6.07) is 17.1. The van der Waals surface area contributed by atoms with Gasteiger partial charge in [0.2, 0.25) is 5.12 Å². The maximum atomic E-state index is 14.3. The fraction of sp³-hybridized carbons (Fsp3) is 0.0690. The van der Waals surface area contributed by atoms with Crippen molar-refractivity contribution >= 4 is 28.8 Å². The fourth-order valence-electron chi connectivity index (χ4n) is 2.62. The molecular formula is C29H21FO5S. The number of esters is 2. The van der Waals surface area contributed by atoms with Gasteiger partial charge in [0.1, 0.15) is 17.3 Å². The Labute approximate surface area is 212 Å². The Bertz CT molecular complexity index is 1410. The highest BCUT2D eigenvalue weighted by Gasteiger charge is 2.10. The molecule has 0 heterocycles. The van der Waals surface area contributed by atoms with Gasteiger partial charge < -0.3 is 9.47 Å². The van der Waals surface area contributed by atoms with Gasteiger partial charge in [0, 0.05) is 33.2 Å². The van der Waals surface area contributed by atoms with E-state index in [-0.39, 0.29) is 22.0 Å². The van der Waals surface area contributed by atoms with Gasteiger partial charge in [-0.2, -0.15) is 0 Å². The standard InChI is InChI=1S/C29H21FO5S/c1-18(2)27(31)34-23-13-15-25(16-14-23)36-29(33)22-9-6-20(7-10-22)5-8-21-11-12-24(17-26(21)30)35-28(32)19(3)4/h6-7,9-17H,1,3H2,2,4H3. The van der Waals surface area contributed by atoms with Crippen LogP contribution in [0.2, 0.25) is 0 Å². The number of halogens is 1. The van der Waals surface area contributed by atoms with Gasteiger partial charge in [-0.3, -0.25) is 4.79 Å². The Balaban J connectivity index is 1.62. The van der Waals surface area contributed by atoms with Gasteiger partial charge in [-0.05, 0) is 86.3 Å². The number of rotatable bonds is 6. The second kappa shape index (κ2) is 11.8. The SMILES string of the molecule is C=C(C)C(=O)Oc1ccc(SC(=O)c2ccc(C#Cc3ccc(OC(=O)C(=C)C)cc3F)cc2)cc1. The summed E-state index contributed by atoms with van der Waals surface area (Å²) in [5, 5.41) is -0.174. The number of thioether (sulfide) groups is 1. The lowest BCUT2D eigenvalue weighted by molar-refractivity contribution is -0.130. The quantitative estimate of drug-likeness (QED) is 0.134. The molecule has 36 heavy (non-hydrogen) atoms. The highest BCUT2D eigenvalue weighted by Crippen LogP contribution is 2.25. The van der Waals surface area contributed by atoms with Crippen LogP contribution in [-0.4, -0.2) is 17.1 Å². The van der Waals surface area contributed by atoms with Crippen molar-refractivity contribution < 1.29 is 28.2 Å². The molecule has 0 saturated carbocycles. The summed E-state index contributed by atoms with van der Waals surface area (Å²) in [5.41, 5.74) is 1.70. The molecule has 0 saturated heterocycles. The van der Waals surface area contributed by atoms with Crippen molar-refractivity contribution in [1.29, 1.82) is 0 Å². The van der Waals surface area contributed by atoms with E-state index in [2.05, 4.69) is 25.0 Å². The number of ether oxygens (including phenoxy) is 2. The summed E-state index contributed by atoms with van der Waals surface area (Å²) in [7, 11) is 0. The Kier molecular flexibility index (Phi) is 8.61. The average Bonchev–Trinajstić information content (AvgIpc) is 2.84. The second-order valence-electron chi connectivity index (χ2n) is 7.67. The van der Waals surface area contributed by atoms with Crippen LogP contribution in [0.15, 0.2) is 95.9 Å². The molecule has 0 fully saturated rings. The van der Waals surface area contributed by atoms with Gasteiger partial charge in [-0.15, -0.1) is 0 Å². The van der Waals surface area contributed by atoms with Crippen LogP contribution in [0.5, 0.6) is 11.5 Å².